The number of nitrogens with zero attached hydrogens (tertiary/aromatic N) is 3. The van der Waals surface area contributed by atoms with Crippen LogP contribution >= 0.6 is 0 Å². The molecule has 1 aliphatic rings. The van der Waals surface area contributed by atoms with Gasteiger partial charge in [0.2, 0.25) is 0 Å². The van der Waals surface area contributed by atoms with Crippen molar-refractivity contribution in [2.75, 3.05) is 23.3 Å². The summed E-state index contributed by atoms with van der Waals surface area (Å²) in [7, 11) is 0. The third-order valence-corrected chi connectivity index (χ3v) is 4.00. The van der Waals surface area contributed by atoms with Crippen LogP contribution < -0.4 is 10.2 Å². The normalized spacial score (nSPS) is 18.1. The fraction of sp³-hybridized carbons (Fsp3) is 0.412. The van der Waals surface area contributed by atoms with E-state index in [0.29, 0.717) is 23.2 Å². The maximum Gasteiger partial charge on any atom is 0.160 e. The van der Waals surface area contributed by atoms with Crippen LogP contribution in [0.2, 0.25) is 0 Å². The third kappa shape index (κ3) is 3.75. The zero-order valence-corrected chi connectivity index (χ0v) is 13.3. The minimum Gasteiger partial charge on any atom is -0.356 e. The summed E-state index contributed by atoms with van der Waals surface area (Å²) in [6.45, 7) is 6.01. The van der Waals surface area contributed by atoms with Gasteiger partial charge in [0, 0.05) is 30.9 Å². The van der Waals surface area contributed by atoms with Gasteiger partial charge in [0.15, 0.2) is 11.6 Å². The minimum absolute atomic E-state index is 0.458. The smallest absolute Gasteiger partial charge is 0.160 e. The second-order valence-electron chi connectivity index (χ2n) is 6.11. The van der Waals surface area contributed by atoms with Crippen LogP contribution in [0, 0.1) is 24.5 Å². The number of anilines is 3. The molecule has 1 aromatic carbocycles. The number of halogens is 2. The first-order chi connectivity index (χ1) is 11.0. The highest BCUT2D eigenvalue weighted by Gasteiger charge is 2.18. The lowest BCUT2D eigenvalue weighted by Crippen LogP contribution is -2.35. The number of piperidine rings is 1. The van der Waals surface area contributed by atoms with E-state index in [4.69, 9.17) is 0 Å². The van der Waals surface area contributed by atoms with Crippen molar-refractivity contribution in [1.29, 1.82) is 0 Å². The van der Waals surface area contributed by atoms with E-state index in [2.05, 4.69) is 27.1 Å². The SMILES string of the molecule is Cc1nc(Nc2ccc(F)c(F)c2)cc(N2CCCC(C)C2)n1. The van der Waals surface area contributed by atoms with Gasteiger partial charge in [0.25, 0.3) is 0 Å². The van der Waals surface area contributed by atoms with Crippen LogP contribution in [-0.4, -0.2) is 23.1 Å². The second kappa shape index (κ2) is 6.48. The zero-order chi connectivity index (χ0) is 16.4. The highest BCUT2D eigenvalue weighted by atomic mass is 19.2. The van der Waals surface area contributed by atoms with Crippen LogP contribution in [0.5, 0.6) is 0 Å². The number of hydrogen-bond donors (Lipinski definition) is 1. The van der Waals surface area contributed by atoms with E-state index in [-0.39, 0.29) is 0 Å². The zero-order valence-electron chi connectivity index (χ0n) is 13.3. The molecule has 2 aromatic rings. The largest absolute Gasteiger partial charge is 0.356 e. The van der Waals surface area contributed by atoms with Crippen molar-refractivity contribution in [3.63, 3.8) is 0 Å². The Balaban J connectivity index is 1.83. The van der Waals surface area contributed by atoms with Gasteiger partial charge in [-0.05, 0) is 37.8 Å². The van der Waals surface area contributed by atoms with Crippen molar-refractivity contribution >= 4 is 17.3 Å². The first-order valence-corrected chi connectivity index (χ1v) is 7.84. The number of aryl methyl sites for hydroxylation is 1. The summed E-state index contributed by atoms with van der Waals surface area (Å²) in [5.41, 5.74) is 0.458. The topological polar surface area (TPSA) is 41.1 Å². The van der Waals surface area contributed by atoms with E-state index in [0.717, 1.165) is 37.5 Å². The van der Waals surface area contributed by atoms with Gasteiger partial charge in [-0.15, -0.1) is 0 Å². The molecular formula is C17H20F2N4. The number of benzene rings is 1. The van der Waals surface area contributed by atoms with E-state index in [1.165, 1.54) is 12.5 Å². The van der Waals surface area contributed by atoms with Crippen LogP contribution in [0.25, 0.3) is 0 Å². The molecule has 1 saturated heterocycles. The van der Waals surface area contributed by atoms with Gasteiger partial charge in [-0.25, -0.2) is 18.7 Å². The number of aromatic nitrogens is 2. The number of hydrogen-bond acceptors (Lipinski definition) is 4. The lowest BCUT2D eigenvalue weighted by Gasteiger charge is -2.32. The van der Waals surface area contributed by atoms with Gasteiger partial charge in [-0.3, -0.25) is 0 Å². The molecule has 0 aliphatic carbocycles. The van der Waals surface area contributed by atoms with Gasteiger partial charge in [0.1, 0.15) is 17.5 Å². The molecule has 122 valence electrons. The van der Waals surface area contributed by atoms with Crippen LogP contribution in [0.1, 0.15) is 25.6 Å². The van der Waals surface area contributed by atoms with Crippen molar-refractivity contribution in [3.05, 3.63) is 41.7 Å². The van der Waals surface area contributed by atoms with E-state index < -0.39 is 11.6 Å². The van der Waals surface area contributed by atoms with Crippen LogP contribution in [0.3, 0.4) is 0 Å². The highest BCUT2D eigenvalue weighted by Crippen LogP contribution is 2.25. The Morgan fingerprint density at radius 3 is 2.74 bits per heavy atom. The fourth-order valence-electron chi connectivity index (χ4n) is 2.90. The Morgan fingerprint density at radius 1 is 1.17 bits per heavy atom. The fourth-order valence-corrected chi connectivity index (χ4v) is 2.90. The summed E-state index contributed by atoms with van der Waals surface area (Å²) in [5, 5.41) is 3.02. The molecule has 1 aromatic heterocycles. The van der Waals surface area contributed by atoms with Crippen molar-refractivity contribution in [2.24, 2.45) is 5.92 Å². The highest BCUT2D eigenvalue weighted by molar-refractivity contribution is 5.59. The molecule has 1 unspecified atom stereocenters. The van der Waals surface area contributed by atoms with E-state index >= 15 is 0 Å². The molecule has 0 bridgehead atoms. The molecule has 0 spiro atoms. The van der Waals surface area contributed by atoms with Crippen LogP contribution in [-0.2, 0) is 0 Å². The summed E-state index contributed by atoms with van der Waals surface area (Å²) in [6.07, 6.45) is 2.39. The van der Waals surface area contributed by atoms with E-state index in [1.54, 1.807) is 0 Å². The first-order valence-electron chi connectivity index (χ1n) is 7.84. The second-order valence-corrected chi connectivity index (χ2v) is 6.11. The van der Waals surface area contributed by atoms with Crippen molar-refractivity contribution < 1.29 is 8.78 Å². The van der Waals surface area contributed by atoms with Gasteiger partial charge in [0.05, 0.1) is 0 Å². The van der Waals surface area contributed by atoms with Gasteiger partial charge >= 0.3 is 0 Å². The molecule has 1 N–H and O–H groups in total. The summed E-state index contributed by atoms with van der Waals surface area (Å²) < 4.78 is 26.3. The molecule has 4 nitrogen and oxygen atoms in total. The monoisotopic (exact) mass is 318 g/mol. The summed E-state index contributed by atoms with van der Waals surface area (Å²) in [6, 6.07) is 5.55. The molecule has 6 heteroatoms. The van der Waals surface area contributed by atoms with E-state index in [9.17, 15) is 8.78 Å². The predicted octanol–water partition coefficient (Wildman–Crippen LogP) is 4.04. The van der Waals surface area contributed by atoms with Crippen molar-refractivity contribution in [3.8, 4) is 0 Å². The Morgan fingerprint density at radius 2 is 2.00 bits per heavy atom. The molecule has 2 heterocycles. The molecule has 23 heavy (non-hydrogen) atoms. The summed E-state index contributed by atoms with van der Waals surface area (Å²) in [4.78, 5) is 11.1. The lowest BCUT2D eigenvalue weighted by molar-refractivity contribution is 0.444. The molecule has 1 aliphatic heterocycles. The standard InChI is InChI=1S/C17H20F2N4/c1-11-4-3-7-23(10-11)17-9-16(20-12(2)21-17)22-13-5-6-14(18)15(19)8-13/h5-6,8-9,11H,3-4,7,10H2,1-2H3,(H,20,21,22). The average Bonchev–Trinajstić information content (AvgIpc) is 2.50. The minimum atomic E-state index is -0.883. The molecular weight excluding hydrogens is 298 g/mol. The summed E-state index contributed by atoms with van der Waals surface area (Å²) in [5.74, 6) is 0.988. The van der Waals surface area contributed by atoms with Gasteiger partial charge in [-0.1, -0.05) is 6.92 Å². The van der Waals surface area contributed by atoms with Gasteiger partial charge < -0.3 is 10.2 Å². The van der Waals surface area contributed by atoms with Crippen molar-refractivity contribution in [2.45, 2.75) is 26.7 Å². The molecule has 1 atom stereocenters. The molecule has 3 rings (SSSR count). The van der Waals surface area contributed by atoms with Crippen molar-refractivity contribution in [1.82, 2.24) is 9.97 Å². The first kappa shape index (κ1) is 15.6. The maximum atomic E-state index is 13.3. The third-order valence-electron chi connectivity index (χ3n) is 4.00. The van der Waals surface area contributed by atoms with Crippen LogP contribution in [0.4, 0.5) is 26.1 Å². The maximum absolute atomic E-state index is 13.3. The number of nitrogens with one attached hydrogen (secondary N) is 1. The average molecular weight is 318 g/mol. The Bertz CT molecular complexity index is 705. The van der Waals surface area contributed by atoms with Gasteiger partial charge in [-0.2, -0.15) is 0 Å². The lowest BCUT2D eigenvalue weighted by atomic mass is 10.0. The molecule has 0 saturated carbocycles. The predicted molar refractivity (Wildman–Crippen MR) is 87.0 cm³/mol. The quantitative estimate of drug-likeness (QED) is 0.927. The Hall–Kier alpha value is -2.24. The summed E-state index contributed by atoms with van der Waals surface area (Å²) >= 11 is 0. The molecule has 1 fully saturated rings. The van der Waals surface area contributed by atoms with E-state index in [1.807, 2.05) is 13.0 Å². The Kier molecular flexibility index (Phi) is 4.41. The molecule has 0 radical (unpaired) electrons. The Labute approximate surface area is 134 Å². The number of rotatable bonds is 3. The van der Waals surface area contributed by atoms with Crippen LogP contribution in [0.15, 0.2) is 24.3 Å². The molecule has 0 amide bonds.